The Morgan fingerprint density at radius 1 is 1.11 bits per heavy atom. The number of anilines is 1. The first-order chi connectivity index (χ1) is 13.2. The largest absolute Gasteiger partial charge is 0.325 e. The molecule has 1 aliphatic rings. The van der Waals surface area contributed by atoms with Gasteiger partial charge >= 0.3 is 0 Å². The van der Waals surface area contributed by atoms with Crippen LogP contribution in [0, 0.1) is 0 Å². The van der Waals surface area contributed by atoms with Crippen LogP contribution < -0.4 is 5.32 Å². The molecule has 0 radical (unpaired) electrons. The second-order valence-electron chi connectivity index (χ2n) is 7.17. The van der Waals surface area contributed by atoms with Crippen molar-refractivity contribution in [1.29, 1.82) is 0 Å². The van der Waals surface area contributed by atoms with Crippen LogP contribution in [0.3, 0.4) is 0 Å². The summed E-state index contributed by atoms with van der Waals surface area (Å²) >= 11 is 0. The van der Waals surface area contributed by atoms with Gasteiger partial charge in [-0.05, 0) is 18.1 Å². The summed E-state index contributed by atoms with van der Waals surface area (Å²) in [5.74, 6) is 0.0798. The molecule has 1 aromatic heterocycles. The minimum atomic E-state index is 0.0798. The van der Waals surface area contributed by atoms with E-state index in [9.17, 15) is 4.79 Å². The first-order valence-corrected chi connectivity index (χ1v) is 9.71. The number of aromatic nitrogens is 1. The van der Waals surface area contributed by atoms with Gasteiger partial charge in [0.15, 0.2) is 0 Å². The van der Waals surface area contributed by atoms with Gasteiger partial charge in [0.2, 0.25) is 5.91 Å². The zero-order chi connectivity index (χ0) is 18.6. The number of para-hydroxylation sites is 1. The number of fused-ring (bicyclic) bond motifs is 2. The summed E-state index contributed by atoms with van der Waals surface area (Å²) in [6.07, 6.45) is 2.29. The van der Waals surface area contributed by atoms with Crippen molar-refractivity contribution >= 4 is 22.5 Å². The average molecular weight is 359 g/mol. The maximum Gasteiger partial charge on any atom is 0.224 e. The summed E-state index contributed by atoms with van der Waals surface area (Å²) in [6.45, 7) is 4.73. The summed E-state index contributed by atoms with van der Waals surface area (Å²) in [4.78, 5) is 19.7. The van der Waals surface area contributed by atoms with Gasteiger partial charge in [-0.2, -0.15) is 0 Å². The van der Waals surface area contributed by atoms with Crippen molar-refractivity contribution in [1.82, 2.24) is 9.88 Å². The minimum absolute atomic E-state index is 0.0798. The van der Waals surface area contributed by atoms with E-state index in [1.54, 1.807) is 0 Å². The van der Waals surface area contributed by atoms with Gasteiger partial charge in [0.1, 0.15) is 0 Å². The van der Waals surface area contributed by atoms with Gasteiger partial charge in [0, 0.05) is 49.1 Å². The van der Waals surface area contributed by atoms with Gasteiger partial charge in [0.25, 0.3) is 0 Å². The van der Waals surface area contributed by atoms with Crippen LogP contribution in [-0.4, -0.2) is 22.3 Å². The van der Waals surface area contributed by atoms with Gasteiger partial charge in [-0.15, -0.1) is 0 Å². The predicted molar refractivity (Wildman–Crippen MR) is 110 cm³/mol. The Bertz CT molecular complexity index is 952. The standard InChI is InChI=1S/C23H25N3O/c1-2-8-22(27)25-23-18-11-6-7-12-20(18)24-21-13-14-26(16-19(21)23)15-17-9-4-3-5-10-17/h3-7,9-12H,2,8,13-16H2,1H3,(H,24,25,27). The molecule has 1 aliphatic heterocycles. The van der Waals surface area contributed by atoms with Crippen LogP contribution >= 0.6 is 0 Å². The number of pyridine rings is 1. The second kappa shape index (κ2) is 7.89. The molecule has 4 heteroatoms. The maximum absolute atomic E-state index is 12.4. The fourth-order valence-corrected chi connectivity index (χ4v) is 3.79. The lowest BCUT2D eigenvalue weighted by molar-refractivity contribution is -0.116. The number of nitrogens with one attached hydrogen (secondary N) is 1. The Hall–Kier alpha value is -2.72. The first kappa shape index (κ1) is 17.7. The zero-order valence-electron chi connectivity index (χ0n) is 15.7. The summed E-state index contributed by atoms with van der Waals surface area (Å²) in [6, 6.07) is 18.6. The van der Waals surface area contributed by atoms with Gasteiger partial charge < -0.3 is 5.32 Å². The highest BCUT2D eigenvalue weighted by Crippen LogP contribution is 2.33. The van der Waals surface area contributed by atoms with E-state index in [0.717, 1.165) is 54.8 Å². The molecule has 4 rings (SSSR count). The normalized spacial score (nSPS) is 14.1. The predicted octanol–water partition coefficient (Wildman–Crippen LogP) is 4.53. The summed E-state index contributed by atoms with van der Waals surface area (Å²) < 4.78 is 0. The van der Waals surface area contributed by atoms with Crippen LogP contribution in [0.25, 0.3) is 10.9 Å². The molecule has 138 valence electrons. The molecule has 0 fully saturated rings. The molecule has 0 atom stereocenters. The summed E-state index contributed by atoms with van der Waals surface area (Å²) in [5.41, 5.74) is 5.50. The SMILES string of the molecule is CCCC(=O)Nc1c2c(nc3ccccc13)CCN(Cc1ccccc1)C2. The van der Waals surface area contributed by atoms with E-state index < -0.39 is 0 Å². The smallest absolute Gasteiger partial charge is 0.224 e. The van der Waals surface area contributed by atoms with Crippen LogP contribution in [0.15, 0.2) is 54.6 Å². The first-order valence-electron chi connectivity index (χ1n) is 9.71. The van der Waals surface area contributed by atoms with Crippen molar-refractivity contribution in [2.75, 3.05) is 11.9 Å². The van der Waals surface area contributed by atoms with E-state index in [1.807, 2.05) is 31.2 Å². The molecular weight excluding hydrogens is 334 g/mol. The van der Waals surface area contributed by atoms with Gasteiger partial charge in [-0.1, -0.05) is 55.5 Å². The van der Waals surface area contributed by atoms with E-state index in [-0.39, 0.29) is 5.91 Å². The Balaban J connectivity index is 1.69. The maximum atomic E-state index is 12.4. The number of carbonyl (C=O) groups excluding carboxylic acids is 1. The molecule has 4 nitrogen and oxygen atoms in total. The summed E-state index contributed by atoms with van der Waals surface area (Å²) in [5, 5.41) is 4.22. The van der Waals surface area contributed by atoms with E-state index in [0.29, 0.717) is 6.42 Å². The number of amides is 1. The highest BCUT2D eigenvalue weighted by atomic mass is 16.1. The zero-order valence-corrected chi connectivity index (χ0v) is 15.7. The number of hydrogen-bond acceptors (Lipinski definition) is 3. The molecule has 1 N–H and O–H groups in total. The third-order valence-corrected chi connectivity index (χ3v) is 5.12. The Morgan fingerprint density at radius 3 is 2.70 bits per heavy atom. The quantitative estimate of drug-likeness (QED) is 0.728. The van der Waals surface area contributed by atoms with Crippen molar-refractivity contribution in [3.8, 4) is 0 Å². The molecule has 2 heterocycles. The van der Waals surface area contributed by atoms with Crippen LogP contribution in [0.2, 0.25) is 0 Å². The molecule has 3 aromatic rings. The molecule has 0 saturated carbocycles. The Kier molecular flexibility index (Phi) is 5.16. The van der Waals surface area contributed by atoms with Gasteiger partial charge in [-0.3, -0.25) is 14.7 Å². The van der Waals surface area contributed by atoms with Crippen molar-refractivity contribution < 1.29 is 4.79 Å². The van der Waals surface area contributed by atoms with Crippen LogP contribution in [-0.2, 0) is 24.3 Å². The molecule has 0 unspecified atom stereocenters. The lowest BCUT2D eigenvalue weighted by atomic mass is 9.99. The monoisotopic (exact) mass is 359 g/mol. The highest BCUT2D eigenvalue weighted by Gasteiger charge is 2.23. The van der Waals surface area contributed by atoms with Crippen molar-refractivity contribution in [2.45, 2.75) is 39.3 Å². The third kappa shape index (κ3) is 3.86. The lowest BCUT2D eigenvalue weighted by Crippen LogP contribution is -2.31. The van der Waals surface area contributed by atoms with Crippen LogP contribution in [0.4, 0.5) is 5.69 Å². The lowest BCUT2D eigenvalue weighted by Gasteiger charge is -2.30. The van der Waals surface area contributed by atoms with Crippen LogP contribution in [0.5, 0.6) is 0 Å². The van der Waals surface area contributed by atoms with E-state index in [2.05, 4.69) is 40.5 Å². The van der Waals surface area contributed by atoms with Crippen molar-refractivity contribution in [2.24, 2.45) is 0 Å². The molecule has 0 bridgehead atoms. The van der Waals surface area contributed by atoms with E-state index in [1.165, 1.54) is 11.1 Å². The van der Waals surface area contributed by atoms with Gasteiger partial charge in [0.05, 0.1) is 11.2 Å². The topological polar surface area (TPSA) is 45.2 Å². The molecular formula is C23H25N3O. The highest BCUT2D eigenvalue weighted by molar-refractivity contribution is 6.02. The second-order valence-corrected chi connectivity index (χ2v) is 7.17. The molecule has 0 saturated heterocycles. The number of nitrogens with zero attached hydrogens (tertiary/aromatic N) is 2. The minimum Gasteiger partial charge on any atom is -0.325 e. The molecule has 2 aromatic carbocycles. The Labute approximate surface area is 160 Å². The number of hydrogen-bond donors (Lipinski definition) is 1. The molecule has 0 aliphatic carbocycles. The van der Waals surface area contributed by atoms with E-state index >= 15 is 0 Å². The van der Waals surface area contributed by atoms with Crippen LogP contribution in [0.1, 0.15) is 36.6 Å². The van der Waals surface area contributed by atoms with Crippen molar-refractivity contribution in [3.63, 3.8) is 0 Å². The molecule has 27 heavy (non-hydrogen) atoms. The number of rotatable bonds is 5. The third-order valence-electron chi connectivity index (χ3n) is 5.12. The molecule has 0 spiro atoms. The number of carbonyl (C=O) groups is 1. The molecule has 1 amide bonds. The number of benzene rings is 2. The fraction of sp³-hybridized carbons (Fsp3) is 0.304. The fourth-order valence-electron chi connectivity index (χ4n) is 3.79. The van der Waals surface area contributed by atoms with Gasteiger partial charge in [-0.25, -0.2) is 0 Å². The Morgan fingerprint density at radius 2 is 1.89 bits per heavy atom. The average Bonchev–Trinajstić information content (AvgIpc) is 2.69. The van der Waals surface area contributed by atoms with E-state index in [4.69, 9.17) is 4.98 Å². The van der Waals surface area contributed by atoms with Crippen molar-refractivity contribution in [3.05, 3.63) is 71.4 Å². The summed E-state index contributed by atoms with van der Waals surface area (Å²) in [7, 11) is 0.